The van der Waals surface area contributed by atoms with Crippen LogP contribution in [0.25, 0.3) is 0 Å². The number of carboxylic acids is 1. The Morgan fingerprint density at radius 1 is 1.47 bits per heavy atom. The monoisotopic (exact) mass is 233 g/mol. The predicted molar refractivity (Wildman–Crippen MR) is 52.7 cm³/mol. The molecule has 0 heterocycles. The molecule has 7 heteroatoms. The molecule has 0 amide bonds. The van der Waals surface area contributed by atoms with Gasteiger partial charge in [0, 0.05) is 0 Å². The lowest BCUT2D eigenvalue weighted by Crippen LogP contribution is -2.53. The molecule has 0 radical (unpaired) electrons. The molecule has 84 valence electrons. The second kappa shape index (κ2) is 3.76. The number of hydrogen-bond donors (Lipinski definition) is 3. The number of nitrogens with two attached hydrogens (primary N) is 1. The van der Waals surface area contributed by atoms with Crippen molar-refractivity contribution in [2.75, 3.05) is 5.75 Å². The highest BCUT2D eigenvalue weighted by Gasteiger charge is 2.40. The lowest BCUT2D eigenvalue weighted by Gasteiger charge is -2.30. The van der Waals surface area contributed by atoms with Crippen molar-refractivity contribution in [3.8, 4) is 0 Å². The summed E-state index contributed by atoms with van der Waals surface area (Å²) >= 11 is 0. The van der Waals surface area contributed by atoms with E-state index in [0.717, 1.165) is 0 Å². The number of hydrogen-bond acceptors (Lipinski definition) is 4. The molecule has 0 spiro atoms. The highest BCUT2D eigenvalue weighted by Crippen LogP contribution is 2.24. The quantitative estimate of drug-likeness (QED) is 0.560. The van der Waals surface area contributed by atoms with Crippen LogP contribution < -0.4 is 5.73 Å². The molecular weight excluding hydrogens is 222 g/mol. The summed E-state index contributed by atoms with van der Waals surface area (Å²) in [5, 5.41) is 8.83. The average molecular weight is 233 g/mol. The van der Waals surface area contributed by atoms with Crippen LogP contribution in [0, 0.1) is 5.92 Å². The topological polar surface area (TPSA) is 118 Å². The Balaban J connectivity index is 3.04. The second-order valence-corrected chi connectivity index (χ2v) is 4.85. The van der Waals surface area contributed by atoms with Gasteiger partial charge in [-0.25, -0.2) is 0 Å². The zero-order valence-corrected chi connectivity index (χ0v) is 8.52. The van der Waals surface area contributed by atoms with Crippen LogP contribution in [0.5, 0.6) is 0 Å². The standard InChI is InChI=1S/C8H11NO5S/c9-8(5-15(12,13)14)4-2-1-3-6(8)7(10)11/h1-4,6H,5,9H2,(H,10,11)(H,12,13,14). The van der Waals surface area contributed by atoms with Crippen LogP contribution in [0.3, 0.4) is 0 Å². The lowest BCUT2D eigenvalue weighted by molar-refractivity contribution is -0.141. The number of rotatable bonds is 3. The van der Waals surface area contributed by atoms with Gasteiger partial charge in [0.2, 0.25) is 0 Å². The summed E-state index contributed by atoms with van der Waals surface area (Å²) in [6, 6.07) is 0. The van der Waals surface area contributed by atoms with E-state index in [0.29, 0.717) is 0 Å². The zero-order chi connectivity index (χ0) is 11.7. The number of carboxylic acid groups (broad SMARTS) is 1. The van der Waals surface area contributed by atoms with Gasteiger partial charge in [0.25, 0.3) is 10.1 Å². The molecule has 0 fully saturated rings. The normalized spacial score (nSPS) is 30.4. The fraction of sp³-hybridized carbons (Fsp3) is 0.375. The Hall–Kier alpha value is -1.18. The summed E-state index contributed by atoms with van der Waals surface area (Å²) in [7, 11) is -4.32. The Kier molecular flexibility index (Phi) is 2.98. The molecule has 0 saturated heterocycles. The van der Waals surface area contributed by atoms with Gasteiger partial charge >= 0.3 is 5.97 Å². The van der Waals surface area contributed by atoms with Gasteiger partial charge in [0.15, 0.2) is 0 Å². The summed E-state index contributed by atoms with van der Waals surface area (Å²) in [6.07, 6.45) is 5.46. The van der Waals surface area contributed by atoms with Gasteiger partial charge in [-0.15, -0.1) is 0 Å². The Labute approximate surface area is 86.8 Å². The van der Waals surface area contributed by atoms with Crippen molar-refractivity contribution in [3.05, 3.63) is 24.3 Å². The van der Waals surface area contributed by atoms with Crippen LogP contribution in [-0.2, 0) is 14.9 Å². The lowest BCUT2D eigenvalue weighted by atomic mass is 9.83. The van der Waals surface area contributed by atoms with Gasteiger partial charge in [-0.2, -0.15) is 8.42 Å². The van der Waals surface area contributed by atoms with Gasteiger partial charge < -0.3 is 10.8 Å². The molecule has 0 aromatic rings. The first kappa shape index (κ1) is 11.9. The van der Waals surface area contributed by atoms with Crippen LogP contribution in [0.1, 0.15) is 0 Å². The maximum absolute atomic E-state index is 10.8. The smallest absolute Gasteiger partial charge is 0.312 e. The van der Waals surface area contributed by atoms with Crippen molar-refractivity contribution in [3.63, 3.8) is 0 Å². The number of carbonyl (C=O) groups is 1. The molecule has 1 rings (SSSR count). The third-order valence-electron chi connectivity index (χ3n) is 2.10. The molecule has 0 saturated carbocycles. The van der Waals surface area contributed by atoms with Crippen LogP contribution in [-0.4, -0.2) is 35.3 Å². The summed E-state index contributed by atoms with van der Waals surface area (Å²) in [4.78, 5) is 10.8. The molecule has 2 unspecified atom stereocenters. The van der Waals surface area contributed by atoms with Crippen molar-refractivity contribution < 1.29 is 22.9 Å². The average Bonchev–Trinajstić information content (AvgIpc) is 1.99. The summed E-state index contributed by atoms with van der Waals surface area (Å²) < 4.78 is 30.1. The van der Waals surface area contributed by atoms with E-state index in [-0.39, 0.29) is 0 Å². The number of allylic oxidation sites excluding steroid dienone is 2. The van der Waals surface area contributed by atoms with Crippen LogP contribution in [0.2, 0.25) is 0 Å². The van der Waals surface area contributed by atoms with Gasteiger partial charge in [-0.3, -0.25) is 9.35 Å². The SMILES string of the molecule is NC1(CS(=O)(=O)O)C=CC=CC1C(=O)O. The molecule has 15 heavy (non-hydrogen) atoms. The van der Waals surface area contributed by atoms with Crippen LogP contribution in [0.4, 0.5) is 0 Å². The first-order valence-electron chi connectivity index (χ1n) is 4.07. The fourth-order valence-corrected chi connectivity index (χ4v) is 2.37. The van der Waals surface area contributed by atoms with Gasteiger partial charge in [-0.05, 0) is 0 Å². The van der Waals surface area contributed by atoms with E-state index in [1.165, 1.54) is 24.3 Å². The fourth-order valence-electron chi connectivity index (χ4n) is 1.46. The van der Waals surface area contributed by atoms with Crippen molar-refractivity contribution in [1.82, 2.24) is 0 Å². The van der Waals surface area contributed by atoms with Gasteiger partial charge in [-0.1, -0.05) is 24.3 Å². The van der Waals surface area contributed by atoms with Gasteiger partial charge in [0.05, 0.1) is 17.2 Å². The molecule has 1 aliphatic carbocycles. The Bertz CT molecular complexity index is 424. The molecule has 0 aromatic carbocycles. The van der Waals surface area contributed by atoms with Crippen molar-refractivity contribution in [2.24, 2.45) is 11.7 Å². The predicted octanol–water partition coefficient (Wildman–Crippen LogP) is -0.601. The highest BCUT2D eigenvalue weighted by atomic mass is 32.2. The first-order valence-corrected chi connectivity index (χ1v) is 5.68. The second-order valence-electron chi connectivity index (χ2n) is 3.40. The van der Waals surface area contributed by atoms with Crippen molar-refractivity contribution in [1.29, 1.82) is 0 Å². The molecule has 2 atom stereocenters. The molecule has 0 bridgehead atoms. The third kappa shape index (κ3) is 2.88. The van der Waals surface area contributed by atoms with Gasteiger partial charge in [0.1, 0.15) is 0 Å². The Morgan fingerprint density at radius 2 is 2.07 bits per heavy atom. The third-order valence-corrected chi connectivity index (χ3v) is 2.96. The minimum absolute atomic E-state index is 0.822. The molecule has 1 aliphatic rings. The zero-order valence-electron chi connectivity index (χ0n) is 7.70. The van der Waals surface area contributed by atoms with E-state index in [2.05, 4.69) is 0 Å². The first-order chi connectivity index (χ1) is 6.75. The summed E-state index contributed by atoms with van der Waals surface area (Å²) in [5.41, 5.74) is 4.03. The summed E-state index contributed by atoms with van der Waals surface area (Å²) in [6.45, 7) is 0. The van der Waals surface area contributed by atoms with E-state index < -0.39 is 33.3 Å². The van der Waals surface area contributed by atoms with E-state index in [4.69, 9.17) is 15.4 Å². The number of aliphatic carboxylic acids is 1. The van der Waals surface area contributed by atoms with E-state index in [9.17, 15) is 13.2 Å². The van der Waals surface area contributed by atoms with Crippen LogP contribution in [0.15, 0.2) is 24.3 Å². The van der Waals surface area contributed by atoms with Crippen molar-refractivity contribution >= 4 is 16.1 Å². The molecular formula is C8H11NO5S. The molecule has 0 aliphatic heterocycles. The highest BCUT2D eigenvalue weighted by molar-refractivity contribution is 7.85. The largest absolute Gasteiger partial charge is 0.481 e. The summed E-state index contributed by atoms with van der Waals surface area (Å²) in [5.74, 6) is -3.22. The minimum Gasteiger partial charge on any atom is -0.481 e. The van der Waals surface area contributed by atoms with E-state index in [1.807, 2.05) is 0 Å². The van der Waals surface area contributed by atoms with Crippen molar-refractivity contribution in [2.45, 2.75) is 5.54 Å². The van der Waals surface area contributed by atoms with E-state index >= 15 is 0 Å². The molecule has 6 nitrogen and oxygen atoms in total. The van der Waals surface area contributed by atoms with E-state index in [1.54, 1.807) is 0 Å². The molecule has 0 aromatic heterocycles. The van der Waals surface area contributed by atoms with Crippen LogP contribution >= 0.6 is 0 Å². The maximum atomic E-state index is 10.8. The minimum atomic E-state index is -4.32. The Morgan fingerprint density at radius 3 is 2.53 bits per heavy atom. The maximum Gasteiger partial charge on any atom is 0.312 e. The molecule has 4 N–H and O–H groups in total.